The highest BCUT2D eigenvalue weighted by molar-refractivity contribution is 5.13. The molecule has 0 radical (unpaired) electrons. The second-order valence-corrected chi connectivity index (χ2v) is 5.91. The maximum absolute atomic E-state index is 5.91. The summed E-state index contributed by atoms with van der Waals surface area (Å²) in [6.45, 7) is 2.26. The summed E-state index contributed by atoms with van der Waals surface area (Å²) in [5, 5.41) is 8.09. The zero-order valence-electron chi connectivity index (χ0n) is 12.8. The molecule has 6 nitrogen and oxygen atoms in total. The largest absolute Gasteiger partial charge is 0.383 e. The molecular formula is C15H25N3O3. The average Bonchev–Trinajstić information content (AvgIpc) is 3.08. The Morgan fingerprint density at radius 3 is 3.05 bits per heavy atom. The molecule has 2 heterocycles. The SMILES string of the molecule is COCCn1cc([C@H]2OCC[C@@H]2NC2CC(OC)C2)cn1. The van der Waals surface area contributed by atoms with Crippen molar-refractivity contribution in [3.63, 3.8) is 0 Å². The molecule has 1 N–H and O–H groups in total. The molecule has 0 unspecified atom stereocenters. The van der Waals surface area contributed by atoms with Gasteiger partial charge in [0.1, 0.15) is 6.10 Å². The van der Waals surface area contributed by atoms with Crippen LogP contribution in [0.15, 0.2) is 12.4 Å². The molecule has 1 aliphatic heterocycles. The van der Waals surface area contributed by atoms with Crippen molar-refractivity contribution in [1.82, 2.24) is 15.1 Å². The quantitative estimate of drug-likeness (QED) is 0.817. The van der Waals surface area contributed by atoms with E-state index in [0.717, 1.165) is 38.0 Å². The molecule has 21 heavy (non-hydrogen) atoms. The minimum absolute atomic E-state index is 0.114. The minimum Gasteiger partial charge on any atom is -0.383 e. The number of nitrogens with one attached hydrogen (secondary N) is 1. The second kappa shape index (κ2) is 6.87. The minimum atomic E-state index is 0.114. The van der Waals surface area contributed by atoms with Crippen LogP contribution in [-0.2, 0) is 20.8 Å². The van der Waals surface area contributed by atoms with Crippen LogP contribution >= 0.6 is 0 Å². The highest BCUT2D eigenvalue weighted by Crippen LogP contribution is 2.32. The van der Waals surface area contributed by atoms with Crippen molar-refractivity contribution >= 4 is 0 Å². The van der Waals surface area contributed by atoms with Gasteiger partial charge in [-0.2, -0.15) is 5.10 Å². The van der Waals surface area contributed by atoms with E-state index < -0.39 is 0 Å². The molecule has 1 aromatic rings. The smallest absolute Gasteiger partial charge is 0.101 e. The number of ether oxygens (including phenoxy) is 3. The first-order chi connectivity index (χ1) is 10.3. The Hall–Kier alpha value is -0.950. The summed E-state index contributed by atoms with van der Waals surface area (Å²) in [5.74, 6) is 0. The lowest BCUT2D eigenvalue weighted by atomic mass is 9.88. The molecule has 0 bridgehead atoms. The van der Waals surface area contributed by atoms with E-state index >= 15 is 0 Å². The number of methoxy groups -OCH3 is 2. The predicted molar refractivity (Wildman–Crippen MR) is 78.2 cm³/mol. The Bertz CT molecular complexity index is 445. The molecule has 1 saturated carbocycles. The third-order valence-corrected chi connectivity index (χ3v) is 4.48. The zero-order chi connectivity index (χ0) is 14.7. The summed E-state index contributed by atoms with van der Waals surface area (Å²) in [5.41, 5.74) is 1.16. The summed E-state index contributed by atoms with van der Waals surface area (Å²) in [7, 11) is 3.49. The van der Waals surface area contributed by atoms with Crippen molar-refractivity contribution in [2.75, 3.05) is 27.4 Å². The summed E-state index contributed by atoms with van der Waals surface area (Å²) >= 11 is 0. The zero-order valence-corrected chi connectivity index (χ0v) is 12.8. The average molecular weight is 295 g/mol. The Balaban J connectivity index is 1.55. The molecule has 2 fully saturated rings. The summed E-state index contributed by atoms with van der Waals surface area (Å²) in [6, 6.07) is 0.945. The highest BCUT2D eigenvalue weighted by Gasteiger charge is 2.36. The van der Waals surface area contributed by atoms with Gasteiger partial charge in [-0.25, -0.2) is 0 Å². The Kier molecular flexibility index (Phi) is 4.90. The van der Waals surface area contributed by atoms with Gasteiger partial charge in [0.25, 0.3) is 0 Å². The number of hydrogen-bond donors (Lipinski definition) is 1. The maximum atomic E-state index is 5.91. The molecule has 0 amide bonds. The van der Waals surface area contributed by atoms with E-state index in [1.807, 2.05) is 10.9 Å². The van der Waals surface area contributed by atoms with Gasteiger partial charge in [-0.15, -0.1) is 0 Å². The molecule has 6 heteroatoms. The van der Waals surface area contributed by atoms with Crippen molar-refractivity contribution < 1.29 is 14.2 Å². The van der Waals surface area contributed by atoms with E-state index in [9.17, 15) is 0 Å². The fourth-order valence-corrected chi connectivity index (χ4v) is 3.12. The van der Waals surface area contributed by atoms with E-state index in [1.165, 1.54) is 0 Å². The highest BCUT2D eigenvalue weighted by atomic mass is 16.5. The first-order valence-electron chi connectivity index (χ1n) is 7.72. The van der Waals surface area contributed by atoms with E-state index in [0.29, 0.717) is 24.8 Å². The van der Waals surface area contributed by atoms with Gasteiger partial charge in [-0.3, -0.25) is 4.68 Å². The fraction of sp³-hybridized carbons (Fsp3) is 0.800. The van der Waals surface area contributed by atoms with Crippen LogP contribution in [0.1, 0.15) is 30.9 Å². The van der Waals surface area contributed by atoms with Crippen molar-refractivity contribution in [3.8, 4) is 0 Å². The molecule has 1 saturated heterocycles. The number of hydrogen-bond acceptors (Lipinski definition) is 5. The van der Waals surface area contributed by atoms with Crippen LogP contribution in [0.5, 0.6) is 0 Å². The monoisotopic (exact) mass is 295 g/mol. The van der Waals surface area contributed by atoms with Crippen LogP contribution in [-0.4, -0.2) is 55.4 Å². The van der Waals surface area contributed by atoms with Gasteiger partial charge < -0.3 is 19.5 Å². The first-order valence-corrected chi connectivity index (χ1v) is 7.72. The normalized spacial score (nSPS) is 32.3. The maximum Gasteiger partial charge on any atom is 0.101 e. The number of aromatic nitrogens is 2. The van der Waals surface area contributed by atoms with Gasteiger partial charge in [-0.1, -0.05) is 0 Å². The summed E-state index contributed by atoms with van der Waals surface area (Å²) in [6.07, 6.45) is 7.80. The molecule has 1 aromatic heterocycles. The van der Waals surface area contributed by atoms with Crippen LogP contribution in [0.25, 0.3) is 0 Å². The van der Waals surface area contributed by atoms with Crippen LogP contribution in [0, 0.1) is 0 Å². The Morgan fingerprint density at radius 1 is 1.43 bits per heavy atom. The summed E-state index contributed by atoms with van der Waals surface area (Å²) < 4.78 is 18.2. The lowest BCUT2D eigenvalue weighted by Gasteiger charge is -2.37. The van der Waals surface area contributed by atoms with E-state index in [-0.39, 0.29) is 6.10 Å². The van der Waals surface area contributed by atoms with Crippen LogP contribution in [0.4, 0.5) is 0 Å². The molecule has 1 aliphatic carbocycles. The third-order valence-electron chi connectivity index (χ3n) is 4.48. The van der Waals surface area contributed by atoms with Gasteiger partial charge in [0, 0.05) is 44.7 Å². The number of nitrogens with zero attached hydrogens (tertiary/aromatic N) is 2. The molecular weight excluding hydrogens is 270 g/mol. The third kappa shape index (κ3) is 3.45. The van der Waals surface area contributed by atoms with Crippen LogP contribution < -0.4 is 5.32 Å². The van der Waals surface area contributed by atoms with Gasteiger partial charge in [0.15, 0.2) is 0 Å². The predicted octanol–water partition coefficient (Wildman–Crippen LogP) is 1.13. The van der Waals surface area contributed by atoms with Gasteiger partial charge >= 0.3 is 0 Å². The van der Waals surface area contributed by atoms with Crippen molar-refractivity contribution in [1.29, 1.82) is 0 Å². The molecule has 2 aliphatic rings. The van der Waals surface area contributed by atoms with Gasteiger partial charge in [-0.05, 0) is 19.3 Å². The lowest BCUT2D eigenvalue weighted by molar-refractivity contribution is 0.00929. The molecule has 3 rings (SSSR count). The van der Waals surface area contributed by atoms with Crippen LogP contribution in [0.2, 0.25) is 0 Å². The van der Waals surface area contributed by atoms with Crippen LogP contribution in [0.3, 0.4) is 0 Å². The van der Waals surface area contributed by atoms with Gasteiger partial charge in [0.2, 0.25) is 0 Å². The van der Waals surface area contributed by atoms with E-state index in [4.69, 9.17) is 14.2 Å². The van der Waals surface area contributed by atoms with Crippen molar-refractivity contribution in [2.24, 2.45) is 0 Å². The topological polar surface area (TPSA) is 57.5 Å². The molecule has 0 aromatic carbocycles. The molecule has 2 atom stereocenters. The van der Waals surface area contributed by atoms with Crippen molar-refractivity contribution in [2.45, 2.75) is 50.1 Å². The first kappa shape index (κ1) is 15.0. The standard InChI is InChI=1S/C15H25N3O3/c1-19-6-4-18-10-11(9-16-18)15-14(3-5-21-15)17-12-7-13(8-12)20-2/h9-10,12-15,17H,3-8H2,1-2H3/t12?,13?,14-,15+/m0/s1. The molecule has 118 valence electrons. The van der Waals surface area contributed by atoms with E-state index in [2.05, 4.69) is 16.6 Å². The molecule has 0 spiro atoms. The number of rotatable bonds is 7. The second-order valence-electron chi connectivity index (χ2n) is 5.91. The van der Waals surface area contributed by atoms with E-state index in [1.54, 1.807) is 14.2 Å². The van der Waals surface area contributed by atoms with Crippen molar-refractivity contribution in [3.05, 3.63) is 18.0 Å². The fourth-order valence-electron chi connectivity index (χ4n) is 3.12. The Labute approximate surface area is 125 Å². The lowest BCUT2D eigenvalue weighted by Crippen LogP contribution is -2.49. The van der Waals surface area contributed by atoms with Gasteiger partial charge in [0.05, 0.1) is 25.5 Å². The Morgan fingerprint density at radius 2 is 2.29 bits per heavy atom. The summed E-state index contributed by atoms with van der Waals surface area (Å²) in [4.78, 5) is 0.